The summed E-state index contributed by atoms with van der Waals surface area (Å²) in [5.74, 6) is 1.29. The maximum atomic E-state index is 12.0. The number of Topliss-reactive ketones (excluding diaryl/α,β-unsaturated/α-hetero) is 1. The van der Waals surface area contributed by atoms with Crippen molar-refractivity contribution in [2.24, 2.45) is 5.92 Å². The number of nitrogens with zero attached hydrogens (tertiary/aromatic N) is 2. The molecule has 0 aliphatic heterocycles. The summed E-state index contributed by atoms with van der Waals surface area (Å²) in [4.78, 5) is 20.8. The molecular formula is C16H24N2O. The molecule has 0 spiro atoms. The van der Waals surface area contributed by atoms with Gasteiger partial charge in [0.15, 0.2) is 0 Å². The minimum absolute atomic E-state index is 0.306. The van der Waals surface area contributed by atoms with Crippen LogP contribution in [0.25, 0.3) is 0 Å². The van der Waals surface area contributed by atoms with Crippen LogP contribution >= 0.6 is 0 Å². The molecule has 0 saturated heterocycles. The average molecular weight is 260 g/mol. The third-order valence-corrected chi connectivity index (χ3v) is 4.15. The van der Waals surface area contributed by atoms with Gasteiger partial charge in [0.25, 0.3) is 0 Å². The van der Waals surface area contributed by atoms with Crippen LogP contribution in [0.5, 0.6) is 0 Å². The highest BCUT2D eigenvalue weighted by molar-refractivity contribution is 5.81. The number of rotatable bonds is 5. The SMILES string of the molecule is CCCCC(=O)C1CCC(c2cncc(C)n2)CC1. The Balaban J connectivity index is 1.87. The minimum atomic E-state index is 0.306. The van der Waals surface area contributed by atoms with Gasteiger partial charge in [-0.2, -0.15) is 0 Å². The molecule has 1 aromatic heterocycles. The zero-order valence-electron chi connectivity index (χ0n) is 12.1. The zero-order valence-corrected chi connectivity index (χ0v) is 12.1. The second kappa shape index (κ2) is 6.78. The first-order chi connectivity index (χ1) is 9.20. The molecule has 1 heterocycles. The molecule has 19 heavy (non-hydrogen) atoms. The molecular weight excluding hydrogens is 236 g/mol. The number of aryl methyl sites for hydroxylation is 1. The van der Waals surface area contributed by atoms with E-state index in [0.717, 1.165) is 56.3 Å². The summed E-state index contributed by atoms with van der Waals surface area (Å²) < 4.78 is 0. The van der Waals surface area contributed by atoms with Gasteiger partial charge < -0.3 is 0 Å². The van der Waals surface area contributed by atoms with Gasteiger partial charge in [-0.3, -0.25) is 14.8 Å². The van der Waals surface area contributed by atoms with Gasteiger partial charge in [-0.15, -0.1) is 0 Å². The Morgan fingerprint density at radius 3 is 2.63 bits per heavy atom. The van der Waals surface area contributed by atoms with Crippen LogP contribution in [-0.2, 0) is 4.79 Å². The van der Waals surface area contributed by atoms with Crippen molar-refractivity contribution in [3.8, 4) is 0 Å². The van der Waals surface area contributed by atoms with E-state index in [9.17, 15) is 4.79 Å². The summed E-state index contributed by atoms with van der Waals surface area (Å²) in [6.45, 7) is 4.12. The average Bonchev–Trinajstić information content (AvgIpc) is 2.45. The highest BCUT2D eigenvalue weighted by atomic mass is 16.1. The highest BCUT2D eigenvalue weighted by Crippen LogP contribution is 2.35. The molecule has 0 atom stereocenters. The van der Waals surface area contributed by atoms with Crippen LogP contribution in [0, 0.1) is 12.8 Å². The Hall–Kier alpha value is -1.25. The topological polar surface area (TPSA) is 42.9 Å². The number of carbonyl (C=O) groups excluding carboxylic acids is 1. The molecule has 0 unspecified atom stereocenters. The molecule has 3 nitrogen and oxygen atoms in total. The van der Waals surface area contributed by atoms with Crippen molar-refractivity contribution in [3.63, 3.8) is 0 Å². The number of ketones is 1. The largest absolute Gasteiger partial charge is 0.299 e. The second-order valence-electron chi connectivity index (χ2n) is 5.70. The molecule has 1 fully saturated rings. The van der Waals surface area contributed by atoms with Crippen LogP contribution in [0.2, 0.25) is 0 Å². The maximum Gasteiger partial charge on any atom is 0.135 e. The van der Waals surface area contributed by atoms with Gasteiger partial charge in [0.2, 0.25) is 0 Å². The van der Waals surface area contributed by atoms with Crippen molar-refractivity contribution in [1.82, 2.24) is 9.97 Å². The van der Waals surface area contributed by atoms with Crippen LogP contribution in [0.4, 0.5) is 0 Å². The van der Waals surface area contributed by atoms with Gasteiger partial charge in [0.1, 0.15) is 5.78 Å². The van der Waals surface area contributed by atoms with E-state index in [2.05, 4.69) is 16.9 Å². The summed E-state index contributed by atoms with van der Waals surface area (Å²) in [5, 5.41) is 0. The second-order valence-corrected chi connectivity index (χ2v) is 5.70. The van der Waals surface area contributed by atoms with Crippen LogP contribution in [0.3, 0.4) is 0 Å². The quantitative estimate of drug-likeness (QED) is 0.808. The van der Waals surface area contributed by atoms with Crippen molar-refractivity contribution in [3.05, 3.63) is 23.8 Å². The molecule has 0 N–H and O–H groups in total. The van der Waals surface area contributed by atoms with Crippen molar-refractivity contribution in [1.29, 1.82) is 0 Å². The fourth-order valence-corrected chi connectivity index (χ4v) is 2.95. The lowest BCUT2D eigenvalue weighted by atomic mass is 9.78. The zero-order chi connectivity index (χ0) is 13.7. The molecule has 1 saturated carbocycles. The summed E-state index contributed by atoms with van der Waals surface area (Å²) in [5.41, 5.74) is 2.10. The van der Waals surface area contributed by atoms with Gasteiger partial charge in [0.05, 0.1) is 11.4 Å². The smallest absolute Gasteiger partial charge is 0.135 e. The van der Waals surface area contributed by atoms with E-state index in [4.69, 9.17) is 0 Å². The Labute approximate surface area is 115 Å². The van der Waals surface area contributed by atoms with Crippen LogP contribution in [-0.4, -0.2) is 15.8 Å². The summed E-state index contributed by atoms with van der Waals surface area (Å²) in [6.07, 6.45) is 10.8. The molecule has 1 aliphatic rings. The molecule has 0 bridgehead atoms. The van der Waals surface area contributed by atoms with Crippen molar-refractivity contribution in [2.45, 2.75) is 64.7 Å². The van der Waals surface area contributed by atoms with Gasteiger partial charge >= 0.3 is 0 Å². The predicted octanol–water partition coefficient (Wildman–Crippen LogP) is 3.82. The number of unbranched alkanes of at least 4 members (excludes halogenated alkanes) is 1. The fraction of sp³-hybridized carbons (Fsp3) is 0.688. The minimum Gasteiger partial charge on any atom is -0.299 e. The summed E-state index contributed by atoms with van der Waals surface area (Å²) in [7, 11) is 0. The Bertz CT molecular complexity index is 423. The van der Waals surface area contributed by atoms with E-state index >= 15 is 0 Å². The van der Waals surface area contributed by atoms with E-state index in [1.165, 1.54) is 0 Å². The lowest BCUT2D eigenvalue weighted by Crippen LogP contribution is -2.21. The molecule has 2 rings (SSSR count). The molecule has 1 aromatic rings. The lowest BCUT2D eigenvalue weighted by molar-refractivity contribution is -0.124. The van der Waals surface area contributed by atoms with Crippen LogP contribution in [0.1, 0.15) is 69.2 Å². The van der Waals surface area contributed by atoms with Crippen molar-refractivity contribution >= 4 is 5.78 Å². The number of carbonyl (C=O) groups is 1. The maximum absolute atomic E-state index is 12.0. The molecule has 3 heteroatoms. The number of hydrogen-bond donors (Lipinski definition) is 0. The third kappa shape index (κ3) is 3.85. The van der Waals surface area contributed by atoms with Crippen LogP contribution < -0.4 is 0 Å². The van der Waals surface area contributed by atoms with Crippen LogP contribution in [0.15, 0.2) is 12.4 Å². The summed E-state index contributed by atoms with van der Waals surface area (Å²) >= 11 is 0. The Kier molecular flexibility index (Phi) is 5.06. The van der Waals surface area contributed by atoms with Gasteiger partial charge in [-0.05, 0) is 39.0 Å². The standard InChI is InChI=1S/C16H24N2O/c1-3-4-5-16(19)14-8-6-13(7-9-14)15-11-17-10-12(2)18-15/h10-11,13-14H,3-9H2,1-2H3. The van der Waals surface area contributed by atoms with Crippen molar-refractivity contribution < 1.29 is 4.79 Å². The lowest BCUT2D eigenvalue weighted by Gasteiger charge is -2.27. The van der Waals surface area contributed by atoms with E-state index in [0.29, 0.717) is 17.6 Å². The predicted molar refractivity (Wildman–Crippen MR) is 76.0 cm³/mol. The van der Waals surface area contributed by atoms with E-state index in [1.54, 1.807) is 6.20 Å². The molecule has 1 aliphatic carbocycles. The highest BCUT2D eigenvalue weighted by Gasteiger charge is 2.27. The summed E-state index contributed by atoms with van der Waals surface area (Å²) in [6, 6.07) is 0. The molecule has 0 amide bonds. The molecule has 0 radical (unpaired) electrons. The van der Waals surface area contributed by atoms with Gasteiger partial charge in [-0.25, -0.2) is 0 Å². The fourth-order valence-electron chi connectivity index (χ4n) is 2.95. The monoisotopic (exact) mass is 260 g/mol. The Morgan fingerprint density at radius 2 is 2.00 bits per heavy atom. The molecule has 104 valence electrons. The first-order valence-corrected chi connectivity index (χ1v) is 7.52. The first-order valence-electron chi connectivity index (χ1n) is 7.52. The first kappa shape index (κ1) is 14.2. The Morgan fingerprint density at radius 1 is 1.26 bits per heavy atom. The van der Waals surface area contributed by atoms with E-state index < -0.39 is 0 Å². The molecule has 0 aromatic carbocycles. The van der Waals surface area contributed by atoms with Gasteiger partial charge in [-0.1, -0.05) is 13.3 Å². The third-order valence-electron chi connectivity index (χ3n) is 4.15. The van der Waals surface area contributed by atoms with E-state index in [-0.39, 0.29) is 0 Å². The van der Waals surface area contributed by atoms with Gasteiger partial charge in [0, 0.05) is 30.7 Å². The van der Waals surface area contributed by atoms with E-state index in [1.807, 2.05) is 13.1 Å². The number of hydrogen-bond acceptors (Lipinski definition) is 3. The number of aromatic nitrogens is 2. The van der Waals surface area contributed by atoms with Crippen molar-refractivity contribution in [2.75, 3.05) is 0 Å². The normalized spacial score (nSPS) is 23.3.